The Morgan fingerprint density at radius 1 is 1.06 bits per heavy atom. The fourth-order valence-electron chi connectivity index (χ4n) is 4.80. The summed E-state index contributed by atoms with van der Waals surface area (Å²) in [7, 11) is -3.35. The van der Waals surface area contributed by atoms with E-state index < -0.39 is 27.1 Å². The highest BCUT2D eigenvalue weighted by Crippen LogP contribution is 2.42. The van der Waals surface area contributed by atoms with Gasteiger partial charge in [0.05, 0.1) is 11.6 Å². The minimum atomic E-state index is -3.35. The van der Waals surface area contributed by atoms with E-state index in [0.717, 1.165) is 28.5 Å². The Morgan fingerprint density at radius 2 is 1.69 bits per heavy atom. The van der Waals surface area contributed by atoms with E-state index in [9.17, 15) is 18.3 Å². The number of cyclic esters (lactones) is 1. The highest BCUT2D eigenvalue weighted by Gasteiger charge is 2.46. The number of sulfone groups is 1. The molecule has 2 atom stereocenters. The summed E-state index contributed by atoms with van der Waals surface area (Å²) >= 11 is 0. The van der Waals surface area contributed by atoms with Crippen LogP contribution in [0.4, 0.5) is 4.79 Å². The molecule has 36 heavy (non-hydrogen) atoms. The van der Waals surface area contributed by atoms with E-state index in [-0.39, 0.29) is 11.1 Å². The number of hydrogen-bond donors (Lipinski definition) is 1. The highest BCUT2D eigenvalue weighted by molar-refractivity contribution is 7.90. The Balaban J connectivity index is 1.51. The summed E-state index contributed by atoms with van der Waals surface area (Å²) in [5, 5.41) is 10.6. The number of nitrogens with zero attached hydrogens (tertiary/aromatic N) is 2. The maximum atomic E-state index is 13.2. The fourth-order valence-corrected chi connectivity index (χ4v) is 5.36. The van der Waals surface area contributed by atoms with Gasteiger partial charge in [-0.15, -0.1) is 0 Å². The van der Waals surface area contributed by atoms with E-state index in [1.807, 2.05) is 61.5 Å². The van der Waals surface area contributed by atoms with Crippen molar-refractivity contribution < 1.29 is 23.1 Å². The van der Waals surface area contributed by atoms with Gasteiger partial charge in [-0.2, -0.15) is 0 Å². The molecular formula is C28H32N2O5S. The molecule has 0 aliphatic carbocycles. The number of rotatable bonds is 7. The predicted octanol–water partition coefficient (Wildman–Crippen LogP) is 5.11. The molecule has 0 radical (unpaired) electrons. The van der Waals surface area contributed by atoms with Crippen LogP contribution in [-0.2, 0) is 20.2 Å². The number of amides is 1. The largest absolute Gasteiger partial charge is 0.438 e. The van der Waals surface area contributed by atoms with Gasteiger partial charge in [0.25, 0.3) is 0 Å². The molecule has 0 saturated carbocycles. The van der Waals surface area contributed by atoms with Crippen LogP contribution in [0.3, 0.4) is 0 Å². The van der Waals surface area contributed by atoms with Crippen LogP contribution in [0.15, 0.2) is 78.0 Å². The monoisotopic (exact) mass is 508 g/mol. The highest BCUT2D eigenvalue weighted by atomic mass is 32.2. The zero-order valence-electron chi connectivity index (χ0n) is 21.0. The smallest absolute Gasteiger partial charge is 0.411 e. The molecule has 1 aliphatic rings. The zero-order chi connectivity index (χ0) is 26.1. The van der Waals surface area contributed by atoms with E-state index in [2.05, 4.69) is 4.98 Å². The minimum absolute atomic E-state index is 0.0382. The quantitative estimate of drug-likeness (QED) is 0.476. The Kier molecular flexibility index (Phi) is 6.94. The van der Waals surface area contributed by atoms with Gasteiger partial charge in [-0.05, 0) is 49.6 Å². The Bertz CT molecular complexity index is 1320. The summed E-state index contributed by atoms with van der Waals surface area (Å²) in [6, 6.07) is 20.4. The third-order valence-corrected chi connectivity index (χ3v) is 7.60. The molecular weight excluding hydrogens is 476 g/mol. The second-order valence-corrected chi connectivity index (χ2v) is 12.1. The predicted molar refractivity (Wildman–Crippen MR) is 138 cm³/mol. The zero-order valence-corrected chi connectivity index (χ0v) is 21.8. The van der Waals surface area contributed by atoms with Gasteiger partial charge in [0, 0.05) is 37.4 Å². The summed E-state index contributed by atoms with van der Waals surface area (Å²) in [6.45, 7) is 5.91. The number of ether oxygens (including phenoxy) is 1. The van der Waals surface area contributed by atoms with Crippen LogP contribution in [-0.4, -0.2) is 47.9 Å². The molecule has 1 amide bonds. The van der Waals surface area contributed by atoms with Crippen molar-refractivity contribution in [1.29, 1.82) is 0 Å². The lowest BCUT2D eigenvalue weighted by Gasteiger charge is -2.45. The molecule has 190 valence electrons. The number of hydrogen-bond acceptors (Lipinski definition) is 6. The van der Waals surface area contributed by atoms with Crippen LogP contribution in [0, 0.1) is 0 Å². The van der Waals surface area contributed by atoms with Gasteiger partial charge in [-0.3, -0.25) is 0 Å². The molecule has 1 saturated heterocycles. The maximum Gasteiger partial charge on any atom is 0.411 e. The number of aromatic nitrogens is 1. The SMILES string of the molecule is C[C@@H](c1ccc(-c2ccc(S(C)(=O)=O)nc2)cc1)N1CC[C@](CC(C)(C)O)(c2ccccc2)OC1=O. The molecule has 2 heterocycles. The molecule has 1 aliphatic heterocycles. The number of benzene rings is 2. The first kappa shape index (κ1) is 25.9. The molecule has 3 aromatic rings. The summed E-state index contributed by atoms with van der Waals surface area (Å²) in [6.07, 6.45) is 3.13. The van der Waals surface area contributed by atoms with E-state index in [4.69, 9.17) is 4.74 Å². The van der Waals surface area contributed by atoms with Crippen molar-refractivity contribution in [2.45, 2.75) is 55.9 Å². The average Bonchev–Trinajstić information content (AvgIpc) is 2.83. The van der Waals surface area contributed by atoms with Gasteiger partial charge in [0.1, 0.15) is 5.60 Å². The molecule has 4 rings (SSSR count). The van der Waals surface area contributed by atoms with Gasteiger partial charge in [-0.1, -0.05) is 54.6 Å². The van der Waals surface area contributed by atoms with Crippen molar-refractivity contribution in [2.75, 3.05) is 12.8 Å². The van der Waals surface area contributed by atoms with Crippen LogP contribution in [0.5, 0.6) is 0 Å². The molecule has 1 aromatic heterocycles. The van der Waals surface area contributed by atoms with Crippen molar-refractivity contribution in [2.24, 2.45) is 0 Å². The molecule has 0 spiro atoms. The topological polar surface area (TPSA) is 96.8 Å². The molecule has 0 unspecified atom stereocenters. The Labute approximate surface area is 212 Å². The van der Waals surface area contributed by atoms with Crippen molar-refractivity contribution in [1.82, 2.24) is 9.88 Å². The second kappa shape index (κ2) is 9.67. The summed E-state index contributed by atoms with van der Waals surface area (Å²) in [5.41, 5.74) is 1.64. The first-order chi connectivity index (χ1) is 16.9. The number of pyridine rings is 1. The van der Waals surface area contributed by atoms with E-state index >= 15 is 0 Å². The van der Waals surface area contributed by atoms with E-state index in [1.54, 1.807) is 31.0 Å². The van der Waals surface area contributed by atoms with Crippen LogP contribution in [0.2, 0.25) is 0 Å². The summed E-state index contributed by atoms with van der Waals surface area (Å²) in [4.78, 5) is 19.0. The Morgan fingerprint density at radius 3 is 2.22 bits per heavy atom. The molecule has 0 bridgehead atoms. The number of aliphatic hydroxyl groups is 1. The lowest BCUT2D eigenvalue weighted by atomic mass is 9.80. The molecule has 7 nitrogen and oxygen atoms in total. The van der Waals surface area contributed by atoms with E-state index in [0.29, 0.717) is 19.4 Å². The third-order valence-electron chi connectivity index (χ3n) is 6.60. The molecule has 8 heteroatoms. The van der Waals surface area contributed by atoms with Crippen LogP contribution >= 0.6 is 0 Å². The van der Waals surface area contributed by atoms with Gasteiger partial charge in [0.15, 0.2) is 14.9 Å². The van der Waals surface area contributed by atoms with Gasteiger partial charge >= 0.3 is 6.09 Å². The Hall–Kier alpha value is -3.23. The van der Waals surface area contributed by atoms with Gasteiger partial charge in [0.2, 0.25) is 0 Å². The lowest BCUT2D eigenvalue weighted by molar-refractivity contribution is -0.101. The van der Waals surface area contributed by atoms with Crippen LogP contribution < -0.4 is 0 Å². The van der Waals surface area contributed by atoms with Crippen LogP contribution in [0.1, 0.15) is 50.8 Å². The second-order valence-electron chi connectivity index (χ2n) is 10.1. The standard InChI is InChI=1S/C28H32N2O5S/c1-20(21-10-12-22(13-11-21)23-14-15-25(29-18-23)36(4,33)34)30-17-16-28(35-26(30)31,19-27(2,3)32)24-8-6-5-7-9-24/h5-15,18,20,32H,16-17,19H2,1-4H3/t20-,28-/m0/s1. The maximum absolute atomic E-state index is 13.2. The molecule has 1 fully saturated rings. The van der Waals surface area contributed by atoms with Crippen molar-refractivity contribution in [3.05, 3.63) is 84.1 Å². The molecule has 2 aromatic carbocycles. The first-order valence-corrected chi connectivity index (χ1v) is 13.8. The van der Waals surface area contributed by atoms with Crippen molar-refractivity contribution in [3.63, 3.8) is 0 Å². The van der Waals surface area contributed by atoms with Crippen LogP contribution in [0.25, 0.3) is 11.1 Å². The minimum Gasteiger partial charge on any atom is -0.438 e. The van der Waals surface area contributed by atoms with Crippen molar-refractivity contribution >= 4 is 15.9 Å². The lowest BCUT2D eigenvalue weighted by Crippen LogP contribution is -2.51. The number of carbonyl (C=O) groups is 1. The molecule has 1 N–H and O–H groups in total. The van der Waals surface area contributed by atoms with Gasteiger partial charge < -0.3 is 14.7 Å². The normalized spacial score (nSPS) is 19.6. The van der Waals surface area contributed by atoms with E-state index in [1.165, 1.54) is 6.07 Å². The average molecular weight is 509 g/mol. The van der Waals surface area contributed by atoms with Gasteiger partial charge in [-0.25, -0.2) is 18.2 Å². The fraction of sp³-hybridized carbons (Fsp3) is 0.357. The summed E-state index contributed by atoms with van der Waals surface area (Å²) < 4.78 is 29.4. The third kappa shape index (κ3) is 5.60. The first-order valence-electron chi connectivity index (χ1n) is 11.9. The van der Waals surface area contributed by atoms with Crippen molar-refractivity contribution in [3.8, 4) is 11.1 Å². The number of carbonyl (C=O) groups excluding carboxylic acids is 1. The summed E-state index contributed by atoms with van der Waals surface area (Å²) in [5.74, 6) is 0.